The van der Waals surface area contributed by atoms with E-state index in [9.17, 15) is 9.59 Å². The zero-order valence-electron chi connectivity index (χ0n) is 10.1. The number of amides is 1. The van der Waals surface area contributed by atoms with Gasteiger partial charge < -0.3 is 10.4 Å². The van der Waals surface area contributed by atoms with Crippen LogP contribution in [-0.2, 0) is 9.59 Å². The Morgan fingerprint density at radius 1 is 1.31 bits per heavy atom. The summed E-state index contributed by atoms with van der Waals surface area (Å²) in [5, 5.41) is 11.6. The topological polar surface area (TPSA) is 66.4 Å². The molecule has 0 aromatic heterocycles. The van der Waals surface area contributed by atoms with Crippen molar-refractivity contribution in [1.82, 2.24) is 5.32 Å². The zero-order chi connectivity index (χ0) is 12.2. The molecule has 0 unspecified atom stereocenters. The van der Waals surface area contributed by atoms with Crippen molar-refractivity contribution in [3.63, 3.8) is 0 Å². The van der Waals surface area contributed by atoms with Gasteiger partial charge in [0.05, 0.1) is 0 Å². The van der Waals surface area contributed by atoms with E-state index in [2.05, 4.69) is 19.2 Å². The molecule has 4 nitrogen and oxygen atoms in total. The first-order chi connectivity index (χ1) is 7.49. The smallest absolute Gasteiger partial charge is 0.319 e. The van der Waals surface area contributed by atoms with Gasteiger partial charge in [-0.1, -0.05) is 26.7 Å². The van der Waals surface area contributed by atoms with Gasteiger partial charge in [-0.05, 0) is 25.2 Å². The molecule has 0 saturated heterocycles. The molecule has 16 heavy (non-hydrogen) atoms. The minimum atomic E-state index is -1.09. The lowest BCUT2D eigenvalue weighted by Crippen LogP contribution is -2.37. The van der Waals surface area contributed by atoms with Crippen molar-refractivity contribution in [1.29, 1.82) is 0 Å². The molecular weight excluding hydrogens is 206 g/mol. The molecule has 1 aliphatic rings. The summed E-state index contributed by atoms with van der Waals surface area (Å²) in [5.41, 5.74) is -1.09. The van der Waals surface area contributed by atoms with Gasteiger partial charge in [-0.25, -0.2) is 0 Å². The van der Waals surface area contributed by atoms with E-state index in [1.54, 1.807) is 0 Å². The summed E-state index contributed by atoms with van der Waals surface area (Å²) in [4.78, 5) is 22.4. The van der Waals surface area contributed by atoms with Crippen molar-refractivity contribution in [2.45, 2.75) is 46.0 Å². The number of hydrogen-bond donors (Lipinski definition) is 2. The molecule has 0 heterocycles. The largest absolute Gasteiger partial charge is 0.480 e. The third-order valence-corrected chi connectivity index (χ3v) is 3.09. The molecule has 1 saturated carbocycles. The quantitative estimate of drug-likeness (QED) is 0.515. The third kappa shape index (κ3) is 3.22. The van der Waals surface area contributed by atoms with Crippen molar-refractivity contribution in [2.75, 3.05) is 6.54 Å². The maximum Gasteiger partial charge on any atom is 0.319 e. The fourth-order valence-electron chi connectivity index (χ4n) is 1.71. The molecule has 1 amide bonds. The van der Waals surface area contributed by atoms with Gasteiger partial charge >= 0.3 is 5.97 Å². The number of carbonyl (C=O) groups excluding carboxylic acids is 1. The Bertz CT molecular complexity index is 269. The average molecular weight is 227 g/mol. The van der Waals surface area contributed by atoms with Crippen LogP contribution in [0.2, 0.25) is 0 Å². The summed E-state index contributed by atoms with van der Waals surface area (Å²) < 4.78 is 0. The van der Waals surface area contributed by atoms with Gasteiger partial charge in [0.2, 0.25) is 5.91 Å². The van der Waals surface area contributed by atoms with Crippen LogP contribution in [0.5, 0.6) is 0 Å². The standard InChI is InChI=1S/C12H21NO3/c1-9(2)5-3-4-8-13-10(14)12(6-7-12)11(15)16/h9H,3-8H2,1-2H3,(H,13,14)(H,15,16). The van der Waals surface area contributed by atoms with E-state index < -0.39 is 11.4 Å². The first-order valence-corrected chi connectivity index (χ1v) is 6.01. The molecule has 2 N–H and O–H groups in total. The lowest BCUT2D eigenvalue weighted by atomic mass is 10.1. The van der Waals surface area contributed by atoms with Crippen LogP contribution < -0.4 is 5.32 Å². The Labute approximate surface area is 96.4 Å². The van der Waals surface area contributed by atoms with Crippen LogP contribution in [0.3, 0.4) is 0 Å². The minimum Gasteiger partial charge on any atom is -0.480 e. The summed E-state index contributed by atoms with van der Waals surface area (Å²) in [7, 11) is 0. The fraction of sp³-hybridized carbons (Fsp3) is 0.833. The van der Waals surface area contributed by atoms with E-state index in [1.807, 2.05) is 0 Å². The Hall–Kier alpha value is -1.06. The first-order valence-electron chi connectivity index (χ1n) is 6.01. The van der Waals surface area contributed by atoms with E-state index in [4.69, 9.17) is 5.11 Å². The summed E-state index contributed by atoms with van der Waals surface area (Å²) in [6, 6.07) is 0. The highest BCUT2D eigenvalue weighted by atomic mass is 16.4. The van der Waals surface area contributed by atoms with Gasteiger partial charge in [-0.15, -0.1) is 0 Å². The highest BCUT2D eigenvalue weighted by Gasteiger charge is 2.56. The molecule has 0 spiro atoms. The van der Waals surface area contributed by atoms with Crippen molar-refractivity contribution in [3.8, 4) is 0 Å². The Kier molecular flexibility index (Phi) is 4.33. The second-order valence-electron chi connectivity index (χ2n) is 5.03. The number of carboxylic acids is 1. The van der Waals surface area contributed by atoms with Crippen molar-refractivity contribution in [3.05, 3.63) is 0 Å². The number of hydrogen-bond acceptors (Lipinski definition) is 2. The normalized spacial score (nSPS) is 17.2. The predicted molar refractivity (Wildman–Crippen MR) is 61.0 cm³/mol. The molecule has 1 rings (SSSR count). The lowest BCUT2D eigenvalue weighted by molar-refractivity contribution is -0.149. The van der Waals surface area contributed by atoms with Crippen LogP contribution in [-0.4, -0.2) is 23.5 Å². The van der Waals surface area contributed by atoms with Gasteiger partial charge in [-0.2, -0.15) is 0 Å². The summed E-state index contributed by atoms with van der Waals surface area (Å²) in [6.45, 7) is 4.94. The molecule has 0 aliphatic heterocycles. The molecular formula is C12H21NO3. The van der Waals surface area contributed by atoms with Crippen LogP contribution >= 0.6 is 0 Å². The van der Waals surface area contributed by atoms with Gasteiger partial charge in [0.25, 0.3) is 0 Å². The van der Waals surface area contributed by atoms with E-state index in [0.717, 1.165) is 19.3 Å². The van der Waals surface area contributed by atoms with Crippen LogP contribution in [0.15, 0.2) is 0 Å². The minimum absolute atomic E-state index is 0.301. The van der Waals surface area contributed by atoms with Crippen LogP contribution in [0.4, 0.5) is 0 Å². The molecule has 0 aromatic carbocycles. The Balaban J connectivity index is 2.14. The maximum absolute atomic E-state index is 11.6. The van der Waals surface area contributed by atoms with Crippen LogP contribution in [0, 0.1) is 11.3 Å². The molecule has 4 heteroatoms. The lowest BCUT2D eigenvalue weighted by Gasteiger charge is -2.10. The van der Waals surface area contributed by atoms with E-state index >= 15 is 0 Å². The van der Waals surface area contributed by atoms with Gasteiger partial charge in [0, 0.05) is 6.54 Å². The van der Waals surface area contributed by atoms with Crippen LogP contribution in [0.25, 0.3) is 0 Å². The van der Waals surface area contributed by atoms with E-state index in [-0.39, 0.29) is 5.91 Å². The SMILES string of the molecule is CC(C)CCCCNC(=O)C1(C(=O)O)CC1. The first kappa shape index (κ1) is 13.0. The number of unbranched alkanes of at least 4 members (excludes halogenated alkanes) is 1. The number of carboxylic acid groups (broad SMARTS) is 1. The second kappa shape index (κ2) is 5.32. The zero-order valence-corrected chi connectivity index (χ0v) is 10.1. The monoisotopic (exact) mass is 227 g/mol. The van der Waals surface area contributed by atoms with Crippen LogP contribution in [0.1, 0.15) is 46.0 Å². The predicted octanol–water partition coefficient (Wildman–Crippen LogP) is 1.79. The van der Waals surface area contributed by atoms with E-state index in [1.165, 1.54) is 0 Å². The highest BCUT2D eigenvalue weighted by Crippen LogP contribution is 2.45. The number of carbonyl (C=O) groups is 2. The maximum atomic E-state index is 11.6. The molecule has 1 fully saturated rings. The molecule has 1 aliphatic carbocycles. The van der Waals surface area contributed by atoms with Crippen molar-refractivity contribution < 1.29 is 14.7 Å². The Morgan fingerprint density at radius 2 is 1.94 bits per heavy atom. The molecule has 92 valence electrons. The highest BCUT2D eigenvalue weighted by molar-refractivity contribution is 6.04. The molecule has 0 aromatic rings. The average Bonchev–Trinajstić information content (AvgIpc) is 2.96. The number of rotatable bonds is 7. The van der Waals surface area contributed by atoms with Gasteiger partial charge in [0.1, 0.15) is 5.41 Å². The summed E-state index contributed by atoms with van der Waals surface area (Å²) >= 11 is 0. The third-order valence-electron chi connectivity index (χ3n) is 3.09. The van der Waals surface area contributed by atoms with Gasteiger partial charge in [0.15, 0.2) is 0 Å². The molecule has 0 atom stereocenters. The Morgan fingerprint density at radius 3 is 2.38 bits per heavy atom. The molecule has 0 bridgehead atoms. The summed E-state index contributed by atoms with van der Waals surface area (Å²) in [6.07, 6.45) is 4.14. The molecule has 0 radical (unpaired) electrons. The summed E-state index contributed by atoms with van der Waals surface area (Å²) in [5.74, 6) is -0.596. The number of aliphatic carboxylic acids is 1. The van der Waals surface area contributed by atoms with Crippen molar-refractivity contribution in [2.24, 2.45) is 11.3 Å². The van der Waals surface area contributed by atoms with E-state index in [0.29, 0.717) is 25.3 Å². The fourth-order valence-corrected chi connectivity index (χ4v) is 1.71. The number of nitrogens with one attached hydrogen (secondary N) is 1. The van der Waals surface area contributed by atoms with Crippen molar-refractivity contribution >= 4 is 11.9 Å². The second-order valence-corrected chi connectivity index (χ2v) is 5.03. The van der Waals surface area contributed by atoms with Gasteiger partial charge in [-0.3, -0.25) is 9.59 Å².